The number of benzene rings is 3. The molecule has 5 nitrogen and oxygen atoms in total. The number of phenolic OH excluding ortho intramolecular Hbond substituents is 1. The minimum atomic E-state index is -0.649. The summed E-state index contributed by atoms with van der Waals surface area (Å²) in [7, 11) is 0. The minimum Gasteiger partial charge on any atom is -0.663 e. The van der Waals surface area contributed by atoms with E-state index in [1.165, 1.54) is 0 Å². The van der Waals surface area contributed by atoms with Gasteiger partial charge >= 0.3 is 0 Å². The fourth-order valence-corrected chi connectivity index (χ4v) is 3.96. The molecule has 0 atom stereocenters. The Balaban J connectivity index is 0.000000183. The van der Waals surface area contributed by atoms with Crippen molar-refractivity contribution in [3.05, 3.63) is 156 Å². The van der Waals surface area contributed by atoms with Crippen LogP contribution in [0.3, 0.4) is 0 Å². The van der Waals surface area contributed by atoms with Crippen LogP contribution in [0.25, 0.3) is 22.5 Å². The molecule has 6 rings (SSSR count). The van der Waals surface area contributed by atoms with Crippen molar-refractivity contribution >= 4 is 11.9 Å². The van der Waals surface area contributed by atoms with Crippen LogP contribution < -0.4 is 4.98 Å². The van der Waals surface area contributed by atoms with Gasteiger partial charge in [-0.2, -0.15) is 6.20 Å². The third-order valence-corrected chi connectivity index (χ3v) is 5.94. The largest absolute Gasteiger partial charge is 0.663 e. The second kappa shape index (κ2) is 16.8. The number of pyridine rings is 2. The molecule has 0 spiro atoms. The molecule has 0 aliphatic carbocycles. The zero-order valence-corrected chi connectivity index (χ0v) is 26.4. The van der Waals surface area contributed by atoms with Gasteiger partial charge in [0.2, 0.25) is 0 Å². The van der Waals surface area contributed by atoms with Crippen LogP contribution in [0.4, 0.5) is 23.2 Å². The molecule has 0 aliphatic rings. The average Bonchev–Trinajstić information content (AvgIpc) is 3.52. The zero-order valence-electron chi connectivity index (χ0n) is 24.0. The fourth-order valence-electron chi connectivity index (χ4n) is 3.96. The van der Waals surface area contributed by atoms with Crippen molar-refractivity contribution in [3.63, 3.8) is 0 Å². The van der Waals surface area contributed by atoms with Gasteiger partial charge in [-0.05, 0) is 60.6 Å². The molecule has 0 aliphatic heterocycles. The van der Waals surface area contributed by atoms with Crippen molar-refractivity contribution in [3.8, 4) is 28.3 Å². The summed E-state index contributed by atoms with van der Waals surface area (Å²) in [6, 6.07) is 26.2. The molecule has 0 unspecified atom stereocenters. The molecule has 45 heavy (non-hydrogen) atoms. The van der Waals surface area contributed by atoms with Crippen LogP contribution in [0.5, 0.6) is 5.75 Å². The van der Waals surface area contributed by atoms with Crippen LogP contribution in [0.15, 0.2) is 109 Å². The molecule has 0 amide bonds. The minimum absolute atomic E-state index is 0. The van der Waals surface area contributed by atoms with Gasteiger partial charge in [0.1, 0.15) is 5.75 Å². The molecule has 0 saturated carbocycles. The van der Waals surface area contributed by atoms with Crippen molar-refractivity contribution in [2.75, 3.05) is 0 Å². The predicted octanol–water partition coefficient (Wildman–Crippen LogP) is 8.37. The predicted molar refractivity (Wildman–Crippen MR) is 161 cm³/mol. The fraction of sp³-hybridized carbons (Fsp3) is 0.0571. The molecular formula is C35H25F4IrN4O-3. The third-order valence-electron chi connectivity index (χ3n) is 5.94. The zero-order chi connectivity index (χ0) is 31.5. The second-order valence-electron chi connectivity index (χ2n) is 9.26. The topological polar surface area (TPSA) is 72.5 Å². The van der Waals surface area contributed by atoms with Gasteiger partial charge in [-0.15, -0.1) is 30.0 Å². The van der Waals surface area contributed by atoms with Gasteiger partial charge in [0.15, 0.2) is 0 Å². The maximum Gasteiger partial charge on any atom is 0.116 e. The Kier molecular flexibility index (Phi) is 12.9. The summed E-state index contributed by atoms with van der Waals surface area (Å²) >= 11 is 0. The number of hydrogen-bond acceptors (Lipinski definition) is 4. The van der Waals surface area contributed by atoms with Crippen LogP contribution in [-0.4, -0.2) is 21.3 Å². The first-order valence-electron chi connectivity index (χ1n) is 13.2. The summed E-state index contributed by atoms with van der Waals surface area (Å²) < 4.78 is 51.6. The number of aliphatic imine (C=N–C) groups is 1. The standard InChI is InChI=1S/C13H13N2O.2C11H6F2N.Ir/c1-9-6-12(16)7-10(2)13(9)15-8-11-4-3-5-14-11;2*12-8-4-5-9(10(13)7-8)11-3-1-2-6-14-11;/h3-8H,1-2H3,(H-,14,15,16);2*1-4,6-7H;/q3*-1;. The maximum atomic E-state index is 13.2. The first-order chi connectivity index (χ1) is 21.2. The van der Waals surface area contributed by atoms with E-state index in [4.69, 9.17) is 0 Å². The van der Waals surface area contributed by atoms with Crippen LogP contribution in [-0.2, 0) is 20.1 Å². The van der Waals surface area contributed by atoms with Gasteiger partial charge in [0, 0.05) is 62.0 Å². The van der Waals surface area contributed by atoms with Gasteiger partial charge in [0.25, 0.3) is 0 Å². The van der Waals surface area contributed by atoms with Gasteiger partial charge in [-0.3, -0.25) is 22.6 Å². The third kappa shape index (κ3) is 10.1. The maximum absolute atomic E-state index is 13.2. The number of halogens is 4. The van der Waals surface area contributed by atoms with Gasteiger partial charge in [-0.1, -0.05) is 59.7 Å². The Morgan fingerprint density at radius 2 is 1.24 bits per heavy atom. The van der Waals surface area contributed by atoms with Crippen molar-refractivity contribution in [1.82, 2.24) is 15.0 Å². The second-order valence-corrected chi connectivity index (χ2v) is 9.26. The molecule has 3 aromatic carbocycles. The number of phenols is 1. The molecule has 1 radical (unpaired) electrons. The summed E-state index contributed by atoms with van der Waals surface area (Å²) in [5, 5.41) is 9.41. The Labute approximate surface area is 271 Å². The molecule has 3 heterocycles. The van der Waals surface area contributed by atoms with Crippen molar-refractivity contribution in [2.45, 2.75) is 13.8 Å². The summed E-state index contributed by atoms with van der Waals surface area (Å²) in [4.78, 5) is 16.4. The molecule has 3 aromatic heterocycles. The summed E-state index contributed by atoms with van der Waals surface area (Å²) in [6.07, 6.45) is 6.56. The van der Waals surface area contributed by atoms with E-state index in [0.29, 0.717) is 11.4 Å². The van der Waals surface area contributed by atoms with Gasteiger partial charge in [-0.25, -0.2) is 0 Å². The Bertz CT molecular complexity index is 1720. The SMILES string of the molecule is Cc1cc(O)cc(C)c1N=Cc1ccc[n-]1.Fc1c[c-]c(-c2ccccn2)c(F)c1.Fc1c[c-]c(-c2ccccn2)c(F)c1.[Ir]. The summed E-state index contributed by atoms with van der Waals surface area (Å²) in [6.45, 7) is 3.86. The van der Waals surface area contributed by atoms with E-state index in [0.717, 1.165) is 46.8 Å². The van der Waals surface area contributed by atoms with E-state index in [1.807, 2.05) is 26.0 Å². The van der Waals surface area contributed by atoms with Crippen molar-refractivity contribution in [2.24, 2.45) is 4.99 Å². The van der Waals surface area contributed by atoms with Gasteiger partial charge in [0.05, 0.1) is 5.69 Å². The van der Waals surface area contributed by atoms with Crippen LogP contribution >= 0.6 is 0 Å². The number of aromatic nitrogens is 3. The van der Waals surface area contributed by atoms with E-state index in [-0.39, 0.29) is 37.0 Å². The molecule has 10 heteroatoms. The number of aromatic hydroxyl groups is 1. The number of nitrogens with zero attached hydrogens (tertiary/aromatic N) is 4. The quantitative estimate of drug-likeness (QED) is 0.111. The van der Waals surface area contributed by atoms with E-state index in [2.05, 4.69) is 32.1 Å². The van der Waals surface area contributed by atoms with E-state index in [1.54, 1.807) is 73.3 Å². The van der Waals surface area contributed by atoms with Crippen molar-refractivity contribution < 1.29 is 42.8 Å². The molecule has 0 bridgehead atoms. The summed E-state index contributed by atoms with van der Waals surface area (Å²) in [5.74, 6) is -2.29. The van der Waals surface area contributed by atoms with Gasteiger partial charge < -0.3 is 20.1 Å². The van der Waals surface area contributed by atoms with Crippen molar-refractivity contribution in [1.29, 1.82) is 0 Å². The van der Waals surface area contributed by atoms with E-state index in [9.17, 15) is 22.7 Å². The Morgan fingerprint density at radius 1 is 0.733 bits per heavy atom. The number of hydrogen-bond donors (Lipinski definition) is 1. The molecule has 6 aromatic rings. The molecule has 231 valence electrons. The van der Waals surface area contributed by atoms with E-state index >= 15 is 0 Å². The number of aryl methyl sites for hydroxylation is 2. The molecule has 0 saturated heterocycles. The van der Waals surface area contributed by atoms with E-state index < -0.39 is 23.3 Å². The van der Waals surface area contributed by atoms with Crippen LogP contribution in [0, 0.1) is 49.2 Å². The summed E-state index contributed by atoms with van der Waals surface area (Å²) in [5.41, 5.74) is 4.92. The normalized spacial score (nSPS) is 10.3. The van der Waals surface area contributed by atoms with Crippen LogP contribution in [0.1, 0.15) is 16.8 Å². The molecule has 1 N–H and O–H groups in total. The number of rotatable bonds is 4. The Hall–Kier alpha value is -4.92. The molecule has 0 fully saturated rings. The average molecular weight is 786 g/mol. The first kappa shape index (κ1) is 34.6. The molecular weight excluding hydrogens is 761 g/mol. The monoisotopic (exact) mass is 786 g/mol. The van der Waals surface area contributed by atoms with Crippen LogP contribution in [0.2, 0.25) is 0 Å². The Morgan fingerprint density at radius 3 is 1.64 bits per heavy atom. The first-order valence-corrected chi connectivity index (χ1v) is 13.2. The smallest absolute Gasteiger partial charge is 0.116 e.